The molecule has 0 aliphatic heterocycles. The Morgan fingerprint density at radius 1 is 0.850 bits per heavy atom. The first-order valence-corrected chi connectivity index (χ1v) is 7.53. The summed E-state index contributed by atoms with van der Waals surface area (Å²) in [6.45, 7) is 13.9. The van der Waals surface area contributed by atoms with Crippen molar-refractivity contribution < 1.29 is 0 Å². The van der Waals surface area contributed by atoms with E-state index in [1.807, 2.05) is 0 Å². The molecule has 3 rings (SSSR count). The molecule has 1 aliphatic carbocycles. The smallest absolute Gasteiger partial charge is 0.00103 e. The van der Waals surface area contributed by atoms with Gasteiger partial charge in [0.15, 0.2) is 0 Å². The lowest BCUT2D eigenvalue weighted by Crippen LogP contribution is -2.17. The van der Waals surface area contributed by atoms with Gasteiger partial charge in [-0.1, -0.05) is 45.0 Å². The lowest BCUT2D eigenvalue weighted by atomic mass is 9.76. The van der Waals surface area contributed by atoms with E-state index in [4.69, 9.17) is 0 Å². The molecule has 0 amide bonds. The van der Waals surface area contributed by atoms with Crippen LogP contribution in [0.4, 0.5) is 0 Å². The van der Waals surface area contributed by atoms with E-state index in [-0.39, 0.29) is 5.41 Å². The van der Waals surface area contributed by atoms with Crippen molar-refractivity contribution in [3.8, 4) is 11.1 Å². The quantitative estimate of drug-likeness (QED) is 0.504. The third-order valence-electron chi connectivity index (χ3n) is 4.88. The number of fused-ring (bicyclic) bond motifs is 3. The first-order chi connectivity index (χ1) is 9.32. The fourth-order valence-electron chi connectivity index (χ4n) is 3.90. The summed E-state index contributed by atoms with van der Waals surface area (Å²) in [5.41, 5.74) is 12.2. The summed E-state index contributed by atoms with van der Waals surface area (Å²) in [6.07, 6.45) is 1.10. The average Bonchev–Trinajstić information content (AvgIpc) is 2.73. The highest BCUT2D eigenvalue weighted by Crippen LogP contribution is 2.46. The zero-order valence-electron chi connectivity index (χ0n) is 13.5. The highest BCUT2D eigenvalue weighted by molar-refractivity contribution is 5.82. The van der Waals surface area contributed by atoms with Gasteiger partial charge in [-0.2, -0.15) is 0 Å². The molecule has 0 saturated heterocycles. The molecule has 0 saturated carbocycles. The van der Waals surface area contributed by atoms with Crippen LogP contribution < -0.4 is 0 Å². The summed E-state index contributed by atoms with van der Waals surface area (Å²) in [4.78, 5) is 0. The number of rotatable bonds is 0. The molecule has 0 heterocycles. The van der Waals surface area contributed by atoms with Crippen LogP contribution in [0.1, 0.15) is 54.2 Å². The Morgan fingerprint density at radius 2 is 1.50 bits per heavy atom. The number of hydrogen-bond acceptors (Lipinski definition) is 0. The maximum absolute atomic E-state index is 2.34. The summed E-state index contributed by atoms with van der Waals surface area (Å²) in [5.74, 6) is 0. The zero-order chi connectivity index (χ0) is 14.7. The monoisotopic (exact) mass is 264 g/mol. The predicted molar refractivity (Wildman–Crippen MR) is 87.6 cm³/mol. The molecule has 0 bridgehead atoms. The summed E-state index contributed by atoms with van der Waals surface area (Å²) in [6, 6.07) is 8.90. The van der Waals surface area contributed by atoms with Crippen molar-refractivity contribution in [1.82, 2.24) is 0 Å². The Labute approximate surface area is 122 Å². The second-order valence-corrected chi connectivity index (χ2v) is 7.19. The van der Waals surface area contributed by atoms with Crippen molar-refractivity contribution in [2.24, 2.45) is 0 Å². The van der Waals surface area contributed by atoms with Gasteiger partial charge in [0.25, 0.3) is 0 Å². The average molecular weight is 264 g/mol. The normalized spacial score (nSPS) is 13.3. The van der Waals surface area contributed by atoms with Gasteiger partial charge in [-0.05, 0) is 77.1 Å². The molecule has 1 aliphatic rings. The van der Waals surface area contributed by atoms with Gasteiger partial charge >= 0.3 is 0 Å². The molecular formula is C20H24. The molecule has 0 N–H and O–H groups in total. The molecule has 2 aromatic rings. The van der Waals surface area contributed by atoms with Crippen molar-refractivity contribution in [3.05, 3.63) is 57.6 Å². The number of benzene rings is 2. The molecule has 104 valence electrons. The first-order valence-electron chi connectivity index (χ1n) is 7.53. The first kappa shape index (κ1) is 13.4. The van der Waals surface area contributed by atoms with Gasteiger partial charge in [0.2, 0.25) is 0 Å². The van der Waals surface area contributed by atoms with Gasteiger partial charge in [0.05, 0.1) is 0 Å². The Kier molecular flexibility index (Phi) is 2.83. The van der Waals surface area contributed by atoms with Crippen LogP contribution >= 0.6 is 0 Å². The van der Waals surface area contributed by atoms with Crippen LogP contribution in [0, 0.1) is 20.8 Å². The second kappa shape index (κ2) is 4.22. The zero-order valence-corrected chi connectivity index (χ0v) is 13.5. The van der Waals surface area contributed by atoms with Crippen LogP contribution in [-0.4, -0.2) is 0 Å². The molecule has 20 heavy (non-hydrogen) atoms. The Bertz CT molecular complexity index is 697. The van der Waals surface area contributed by atoms with Gasteiger partial charge in [0, 0.05) is 0 Å². The molecule has 0 radical (unpaired) electrons. The molecule has 0 heteroatoms. The minimum atomic E-state index is 0.203. The van der Waals surface area contributed by atoms with Crippen LogP contribution in [-0.2, 0) is 11.8 Å². The maximum Gasteiger partial charge on any atom is -0.00103 e. The van der Waals surface area contributed by atoms with E-state index < -0.39 is 0 Å². The Hall–Kier alpha value is -1.56. The maximum atomic E-state index is 2.34. The SMILES string of the molecule is Cc1c(C)c2c(c(C(C)(C)C)c1C)Cc1ccccc1-2. The van der Waals surface area contributed by atoms with Crippen molar-refractivity contribution in [1.29, 1.82) is 0 Å². The minimum absolute atomic E-state index is 0.203. The van der Waals surface area contributed by atoms with Crippen molar-refractivity contribution in [3.63, 3.8) is 0 Å². The van der Waals surface area contributed by atoms with Crippen molar-refractivity contribution in [2.45, 2.75) is 53.4 Å². The summed E-state index contributed by atoms with van der Waals surface area (Å²) >= 11 is 0. The van der Waals surface area contributed by atoms with Gasteiger partial charge in [-0.25, -0.2) is 0 Å². The van der Waals surface area contributed by atoms with E-state index in [0.717, 1.165) is 6.42 Å². The van der Waals surface area contributed by atoms with E-state index in [1.54, 1.807) is 11.1 Å². The summed E-state index contributed by atoms with van der Waals surface area (Å²) in [7, 11) is 0. The van der Waals surface area contributed by atoms with Crippen LogP contribution in [0.5, 0.6) is 0 Å². The highest BCUT2D eigenvalue weighted by Gasteiger charge is 2.30. The highest BCUT2D eigenvalue weighted by atomic mass is 14.3. The van der Waals surface area contributed by atoms with Crippen LogP contribution in [0.15, 0.2) is 24.3 Å². The van der Waals surface area contributed by atoms with Gasteiger partial charge in [-0.15, -0.1) is 0 Å². The van der Waals surface area contributed by atoms with Crippen LogP contribution in [0.3, 0.4) is 0 Å². The molecule has 0 spiro atoms. The number of hydrogen-bond donors (Lipinski definition) is 0. The third-order valence-corrected chi connectivity index (χ3v) is 4.88. The predicted octanol–water partition coefficient (Wildman–Crippen LogP) is 5.48. The fourth-order valence-corrected chi connectivity index (χ4v) is 3.90. The van der Waals surface area contributed by atoms with Gasteiger partial charge in [0.1, 0.15) is 0 Å². The lowest BCUT2D eigenvalue weighted by molar-refractivity contribution is 0.580. The molecule has 0 atom stereocenters. The topological polar surface area (TPSA) is 0 Å². The molecular weight excluding hydrogens is 240 g/mol. The van der Waals surface area contributed by atoms with Crippen molar-refractivity contribution >= 4 is 0 Å². The Morgan fingerprint density at radius 3 is 2.15 bits per heavy atom. The van der Waals surface area contributed by atoms with E-state index in [0.29, 0.717) is 0 Å². The summed E-state index contributed by atoms with van der Waals surface area (Å²) in [5, 5.41) is 0. The minimum Gasteiger partial charge on any atom is -0.0619 e. The third kappa shape index (κ3) is 1.74. The molecule has 0 aromatic heterocycles. The van der Waals surface area contributed by atoms with E-state index >= 15 is 0 Å². The van der Waals surface area contributed by atoms with Crippen LogP contribution in [0.2, 0.25) is 0 Å². The van der Waals surface area contributed by atoms with Gasteiger partial charge in [-0.3, -0.25) is 0 Å². The molecule has 0 nitrogen and oxygen atoms in total. The van der Waals surface area contributed by atoms with E-state index in [1.165, 1.54) is 33.4 Å². The molecule has 2 aromatic carbocycles. The van der Waals surface area contributed by atoms with E-state index in [9.17, 15) is 0 Å². The molecule has 0 fully saturated rings. The fraction of sp³-hybridized carbons (Fsp3) is 0.400. The standard InChI is InChI=1S/C20H24/c1-12-13(2)18-16-10-8-7-9-15(16)11-17(18)19(14(12)3)20(4,5)6/h7-10H,11H2,1-6H3. The largest absolute Gasteiger partial charge is 0.0619 e. The van der Waals surface area contributed by atoms with Crippen molar-refractivity contribution in [2.75, 3.05) is 0 Å². The van der Waals surface area contributed by atoms with E-state index in [2.05, 4.69) is 65.8 Å². The second-order valence-electron chi connectivity index (χ2n) is 7.19. The van der Waals surface area contributed by atoms with Crippen LogP contribution in [0.25, 0.3) is 11.1 Å². The molecule has 0 unspecified atom stereocenters. The summed E-state index contributed by atoms with van der Waals surface area (Å²) < 4.78 is 0. The Balaban J connectivity index is 2.42. The van der Waals surface area contributed by atoms with Gasteiger partial charge < -0.3 is 0 Å². The lowest BCUT2D eigenvalue weighted by Gasteiger charge is -2.28.